The average molecular weight is 251 g/mol. The van der Waals surface area contributed by atoms with Crippen molar-refractivity contribution in [1.82, 2.24) is 5.32 Å². The molecule has 1 aromatic carbocycles. The summed E-state index contributed by atoms with van der Waals surface area (Å²) >= 11 is 0. The van der Waals surface area contributed by atoms with Gasteiger partial charge in [-0.1, -0.05) is 19.1 Å². The molecule has 0 bridgehead atoms. The Kier molecular flexibility index (Phi) is 4.71. The molecule has 0 aliphatic carbocycles. The summed E-state index contributed by atoms with van der Waals surface area (Å²) in [6, 6.07) is 4.86. The van der Waals surface area contributed by atoms with E-state index in [1.165, 1.54) is 6.07 Å². The van der Waals surface area contributed by atoms with Crippen LogP contribution in [0.3, 0.4) is 0 Å². The van der Waals surface area contributed by atoms with Crippen LogP contribution in [0.2, 0.25) is 0 Å². The molecule has 1 atom stereocenters. The lowest BCUT2D eigenvalue weighted by Gasteiger charge is -2.12. The summed E-state index contributed by atoms with van der Waals surface area (Å²) in [7, 11) is 0. The molecule has 5 nitrogen and oxygen atoms in total. The van der Waals surface area contributed by atoms with E-state index in [1.807, 2.05) is 0 Å². The zero-order valence-electron chi connectivity index (χ0n) is 10.4. The molecule has 0 radical (unpaired) electrons. The van der Waals surface area contributed by atoms with E-state index in [1.54, 1.807) is 26.0 Å². The molecule has 5 heteroatoms. The second kappa shape index (κ2) is 6.05. The molecule has 1 unspecified atom stereocenters. The highest BCUT2D eigenvalue weighted by molar-refractivity contribution is 5.97. The number of aryl methyl sites for hydroxylation is 1. The van der Waals surface area contributed by atoms with Crippen LogP contribution in [0.15, 0.2) is 18.2 Å². The summed E-state index contributed by atoms with van der Waals surface area (Å²) in [5.41, 5.74) is 0.767. The molecule has 0 spiro atoms. The molecule has 1 amide bonds. The highest BCUT2D eigenvalue weighted by atomic mass is 16.4. The van der Waals surface area contributed by atoms with Crippen molar-refractivity contribution >= 4 is 11.9 Å². The fourth-order valence-corrected chi connectivity index (χ4v) is 1.56. The van der Waals surface area contributed by atoms with Crippen molar-refractivity contribution < 1.29 is 19.8 Å². The number of rotatable bonds is 5. The standard InChI is InChI=1S/C13H17NO4/c1-3-9(13(17)18)7-14-12(16)10-6-4-5-8(2)11(10)15/h4-6,9,15H,3,7H2,1-2H3,(H,14,16)(H,17,18). The molecule has 0 aliphatic rings. The summed E-state index contributed by atoms with van der Waals surface area (Å²) in [4.78, 5) is 22.6. The molecule has 0 aliphatic heterocycles. The molecule has 0 saturated heterocycles. The number of carbonyl (C=O) groups is 2. The normalized spacial score (nSPS) is 11.9. The van der Waals surface area contributed by atoms with Crippen molar-refractivity contribution in [1.29, 1.82) is 0 Å². The molecule has 0 saturated carbocycles. The minimum absolute atomic E-state index is 0.0536. The highest BCUT2D eigenvalue weighted by Crippen LogP contribution is 2.21. The van der Waals surface area contributed by atoms with Crippen LogP contribution in [0, 0.1) is 12.8 Å². The molecule has 0 heterocycles. The van der Waals surface area contributed by atoms with E-state index in [0.29, 0.717) is 12.0 Å². The van der Waals surface area contributed by atoms with Crippen LogP contribution < -0.4 is 5.32 Å². The zero-order valence-corrected chi connectivity index (χ0v) is 10.4. The van der Waals surface area contributed by atoms with Gasteiger partial charge in [0, 0.05) is 6.54 Å². The molecule has 18 heavy (non-hydrogen) atoms. The number of phenols is 1. The maximum atomic E-state index is 11.8. The first-order chi connectivity index (χ1) is 8.47. The van der Waals surface area contributed by atoms with Crippen LogP contribution >= 0.6 is 0 Å². The SMILES string of the molecule is CCC(CNC(=O)c1cccc(C)c1O)C(=O)O. The van der Waals surface area contributed by atoms with E-state index in [0.717, 1.165) is 0 Å². The number of carboxylic acid groups (broad SMARTS) is 1. The van der Waals surface area contributed by atoms with Crippen LogP contribution in [0.1, 0.15) is 29.3 Å². The third-order valence-corrected chi connectivity index (χ3v) is 2.83. The fourth-order valence-electron chi connectivity index (χ4n) is 1.56. The highest BCUT2D eigenvalue weighted by Gasteiger charge is 2.18. The lowest BCUT2D eigenvalue weighted by Crippen LogP contribution is -2.32. The first-order valence-electron chi connectivity index (χ1n) is 5.77. The van der Waals surface area contributed by atoms with E-state index in [-0.39, 0.29) is 17.9 Å². The number of carbonyl (C=O) groups excluding carboxylic acids is 1. The van der Waals surface area contributed by atoms with Gasteiger partial charge in [0.15, 0.2) is 0 Å². The van der Waals surface area contributed by atoms with Crippen molar-refractivity contribution in [2.45, 2.75) is 20.3 Å². The van der Waals surface area contributed by atoms with Gasteiger partial charge in [-0.3, -0.25) is 9.59 Å². The van der Waals surface area contributed by atoms with Gasteiger partial charge in [-0.05, 0) is 25.0 Å². The Morgan fingerprint density at radius 1 is 1.39 bits per heavy atom. The Balaban J connectivity index is 2.71. The van der Waals surface area contributed by atoms with Gasteiger partial charge in [-0.15, -0.1) is 0 Å². The Morgan fingerprint density at radius 2 is 2.06 bits per heavy atom. The summed E-state index contributed by atoms with van der Waals surface area (Å²) in [5.74, 6) is -2.08. The second-order valence-electron chi connectivity index (χ2n) is 4.12. The summed E-state index contributed by atoms with van der Waals surface area (Å²) < 4.78 is 0. The van der Waals surface area contributed by atoms with Gasteiger partial charge in [-0.25, -0.2) is 0 Å². The molecular weight excluding hydrogens is 234 g/mol. The van der Waals surface area contributed by atoms with Gasteiger partial charge in [0.05, 0.1) is 11.5 Å². The van der Waals surface area contributed by atoms with Gasteiger partial charge in [0.25, 0.3) is 5.91 Å². The monoisotopic (exact) mass is 251 g/mol. The number of aliphatic carboxylic acids is 1. The molecule has 0 aromatic heterocycles. The van der Waals surface area contributed by atoms with Gasteiger partial charge in [0.1, 0.15) is 5.75 Å². The number of para-hydroxylation sites is 1. The molecular formula is C13H17NO4. The van der Waals surface area contributed by atoms with E-state index < -0.39 is 17.8 Å². The van der Waals surface area contributed by atoms with Crippen molar-refractivity contribution in [3.8, 4) is 5.75 Å². The quantitative estimate of drug-likeness (QED) is 0.740. The number of benzene rings is 1. The summed E-state index contributed by atoms with van der Waals surface area (Å²) in [6.45, 7) is 3.49. The predicted octanol–water partition coefficient (Wildman–Crippen LogP) is 1.54. The molecule has 1 rings (SSSR count). The topological polar surface area (TPSA) is 86.6 Å². The third-order valence-electron chi connectivity index (χ3n) is 2.83. The minimum atomic E-state index is -0.939. The predicted molar refractivity (Wildman–Crippen MR) is 66.6 cm³/mol. The van der Waals surface area contributed by atoms with Gasteiger partial charge >= 0.3 is 5.97 Å². The Morgan fingerprint density at radius 3 is 2.61 bits per heavy atom. The van der Waals surface area contributed by atoms with Crippen LogP contribution in [0.4, 0.5) is 0 Å². The number of amides is 1. The first-order valence-corrected chi connectivity index (χ1v) is 5.77. The van der Waals surface area contributed by atoms with E-state index in [9.17, 15) is 14.7 Å². The lowest BCUT2D eigenvalue weighted by atomic mass is 10.1. The van der Waals surface area contributed by atoms with Crippen LogP contribution in [0.25, 0.3) is 0 Å². The lowest BCUT2D eigenvalue weighted by molar-refractivity contribution is -0.141. The summed E-state index contributed by atoms with van der Waals surface area (Å²) in [5, 5.41) is 21.1. The Labute approximate surface area is 105 Å². The van der Waals surface area contributed by atoms with Gasteiger partial charge in [-0.2, -0.15) is 0 Å². The van der Waals surface area contributed by atoms with Crippen LogP contribution in [-0.2, 0) is 4.79 Å². The van der Waals surface area contributed by atoms with Gasteiger partial charge < -0.3 is 15.5 Å². The summed E-state index contributed by atoms with van der Waals surface area (Å²) in [6.07, 6.45) is 0.440. The molecule has 3 N–H and O–H groups in total. The van der Waals surface area contributed by atoms with Crippen LogP contribution in [0.5, 0.6) is 5.75 Å². The molecule has 0 fully saturated rings. The maximum Gasteiger partial charge on any atom is 0.308 e. The van der Waals surface area contributed by atoms with Crippen molar-refractivity contribution in [2.24, 2.45) is 5.92 Å². The average Bonchev–Trinajstić information content (AvgIpc) is 2.32. The number of hydrogen-bond donors (Lipinski definition) is 3. The number of nitrogens with one attached hydrogen (secondary N) is 1. The molecule has 1 aromatic rings. The number of phenolic OH excluding ortho intramolecular Hbond substituents is 1. The Bertz CT molecular complexity index is 456. The number of carboxylic acids is 1. The number of hydrogen-bond acceptors (Lipinski definition) is 3. The first kappa shape index (κ1) is 14.0. The smallest absolute Gasteiger partial charge is 0.308 e. The van der Waals surface area contributed by atoms with Gasteiger partial charge in [0.2, 0.25) is 0 Å². The third kappa shape index (κ3) is 3.23. The minimum Gasteiger partial charge on any atom is -0.507 e. The number of aromatic hydroxyl groups is 1. The maximum absolute atomic E-state index is 11.8. The second-order valence-corrected chi connectivity index (χ2v) is 4.12. The largest absolute Gasteiger partial charge is 0.507 e. The van der Waals surface area contributed by atoms with E-state index in [2.05, 4.69) is 5.32 Å². The van der Waals surface area contributed by atoms with Crippen molar-refractivity contribution in [2.75, 3.05) is 6.54 Å². The zero-order chi connectivity index (χ0) is 13.7. The fraction of sp³-hybridized carbons (Fsp3) is 0.385. The Hall–Kier alpha value is -2.04. The molecule has 98 valence electrons. The van der Waals surface area contributed by atoms with E-state index >= 15 is 0 Å². The van der Waals surface area contributed by atoms with Crippen molar-refractivity contribution in [3.05, 3.63) is 29.3 Å². The van der Waals surface area contributed by atoms with Crippen molar-refractivity contribution in [3.63, 3.8) is 0 Å². The van der Waals surface area contributed by atoms with E-state index in [4.69, 9.17) is 5.11 Å². The van der Waals surface area contributed by atoms with Crippen LogP contribution in [-0.4, -0.2) is 28.6 Å².